The fourth-order valence-corrected chi connectivity index (χ4v) is 5.21. The Labute approximate surface area is 224 Å². The van der Waals surface area contributed by atoms with Crippen LogP contribution in [0.4, 0.5) is 0 Å². The minimum Gasteiger partial charge on any atom is -0.493 e. The summed E-state index contributed by atoms with van der Waals surface area (Å²) in [6, 6.07) is 19.2. The second-order valence-corrected chi connectivity index (χ2v) is 11.4. The molecule has 1 heterocycles. The Morgan fingerprint density at radius 1 is 1.08 bits per heavy atom. The number of hydrogen-bond donors (Lipinski definition) is 3. The number of carbonyl (C=O) groups excluding carboxylic acids is 1. The minimum atomic E-state index is -3.61. The number of carbonyl (C=O) groups is 1. The second-order valence-electron chi connectivity index (χ2n) is 9.29. The standard InChI is InChI=1S/C29H33N3O5S.H2/c1-4-14-37-28-13-12-21(20-8-7-9-24(16-20)38(35,36)32(2)3)17-26(28)29(34)31-23(19-33)15-22-18-30-27-11-6-5-10-25(22)27;/h5-13,16-18,23,30,33H,4,14-15,19H2,1-3H3,(H,31,34);1H/t23-;/m0./s1. The van der Waals surface area contributed by atoms with E-state index in [0.29, 0.717) is 35.5 Å². The van der Waals surface area contributed by atoms with Gasteiger partial charge in [0, 0.05) is 32.6 Å². The topological polar surface area (TPSA) is 112 Å². The predicted octanol–water partition coefficient (Wildman–Crippen LogP) is 4.45. The number of amides is 1. The molecule has 0 radical (unpaired) electrons. The molecule has 1 aromatic heterocycles. The molecule has 0 aliphatic rings. The summed E-state index contributed by atoms with van der Waals surface area (Å²) in [6.07, 6.45) is 3.11. The summed E-state index contributed by atoms with van der Waals surface area (Å²) in [6.45, 7) is 2.18. The lowest BCUT2D eigenvalue weighted by Crippen LogP contribution is -2.39. The third-order valence-electron chi connectivity index (χ3n) is 6.33. The summed E-state index contributed by atoms with van der Waals surface area (Å²) in [7, 11) is -0.646. The van der Waals surface area contributed by atoms with Crippen molar-refractivity contribution in [3.05, 3.63) is 84.1 Å². The van der Waals surface area contributed by atoms with Crippen LogP contribution < -0.4 is 10.1 Å². The number of nitrogens with zero attached hydrogens (tertiary/aromatic N) is 1. The predicted molar refractivity (Wildman–Crippen MR) is 151 cm³/mol. The number of hydrogen-bond acceptors (Lipinski definition) is 5. The fourth-order valence-electron chi connectivity index (χ4n) is 4.26. The molecule has 8 nitrogen and oxygen atoms in total. The van der Waals surface area contributed by atoms with E-state index in [1.165, 1.54) is 14.1 Å². The highest BCUT2D eigenvalue weighted by Crippen LogP contribution is 2.29. The van der Waals surface area contributed by atoms with Gasteiger partial charge in [-0.05, 0) is 59.9 Å². The van der Waals surface area contributed by atoms with Gasteiger partial charge in [0.05, 0.1) is 29.7 Å². The zero-order valence-electron chi connectivity index (χ0n) is 21.8. The van der Waals surface area contributed by atoms with Crippen LogP contribution in [0.25, 0.3) is 22.0 Å². The van der Waals surface area contributed by atoms with Crippen LogP contribution >= 0.6 is 0 Å². The van der Waals surface area contributed by atoms with E-state index in [1.807, 2.05) is 37.4 Å². The van der Waals surface area contributed by atoms with Crippen molar-refractivity contribution in [3.8, 4) is 16.9 Å². The lowest BCUT2D eigenvalue weighted by atomic mass is 10.0. The van der Waals surface area contributed by atoms with Gasteiger partial charge in [0.2, 0.25) is 10.0 Å². The van der Waals surface area contributed by atoms with Gasteiger partial charge in [-0.15, -0.1) is 0 Å². The molecule has 4 aromatic rings. The Balaban J connectivity index is 0.00000420. The quantitative estimate of drug-likeness (QED) is 0.262. The molecule has 1 atom stereocenters. The van der Waals surface area contributed by atoms with E-state index in [-0.39, 0.29) is 18.8 Å². The first-order chi connectivity index (χ1) is 18.2. The van der Waals surface area contributed by atoms with Crippen LogP contribution in [0.2, 0.25) is 0 Å². The average Bonchev–Trinajstić information content (AvgIpc) is 3.34. The highest BCUT2D eigenvalue weighted by molar-refractivity contribution is 7.89. The fraction of sp³-hybridized carbons (Fsp3) is 0.276. The van der Waals surface area contributed by atoms with Crippen LogP contribution in [0.3, 0.4) is 0 Å². The number of aromatic amines is 1. The highest BCUT2D eigenvalue weighted by atomic mass is 32.2. The second kappa shape index (κ2) is 11.8. The minimum absolute atomic E-state index is 0. The van der Waals surface area contributed by atoms with E-state index >= 15 is 0 Å². The number of nitrogens with one attached hydrogen (secondary N) is 2. The van der Waals surface area contributed by atoms with Crippen molar-refractivity contribution in [1.82, 2.24) is 14.6 Å². The van der Waals surface area contributed by atoms with E-state index in [0.717, 1.165) is 27.2 Å². The zero-order valence-corrected chi connectivity index (χ0v) is 22.6. The summed E-state index contributed by atoms with van der Waals surface area (Å²) >= 11 is 0. The number of para-hydroxylation sites is 1. The van der Waals surface area contributed by atoms with Crippen molar-refractivity contribution in [2.45, 2.75) is 30.7 Å². The van der Waals surface area contributed by atoms with Crippen molar-refractivity contribution in [3.63, 3.8) is 0 Å². The number of benzene rings is 3. The molecule has 0 bridgehead atoms. The Morgan fingerprint density at radius 2 is 1.84 bits per heavy atom. The zero-order chi connectivity index (χ0) is 27.3. The maximum atomic E-state index is 13.5. The third-order valence-corrected chi connectivity index (χ3v) is 8.14. The van der Waals surface area contributed by atoms with Crippen LogP contribution in [0.5, 0.6) is 5.75 Å². The largest absolute Gasteiger partial charge is 0.493 e. The van der Waals surface area contributed by atoms with Crippen LogP contribution in [-0.4, -0.2) is 62.1 Å². The first-order valence-electron chi connectivity index (χ1n) is 12.5. The number of sulfonamides is 1. The number of aromatic nitrogens is 1. The number of H-pyrrole nitrogens is 1. The molecule has 4 rings (SSSR count). The normalized spacial score (nSPS) is 12.6. The van der Waals surface area contributed by atoms with Crippen molar-refractivity contribution < 1.29 is 24.5 Å². The SMILES string of the molecule is CCCOc1ccc(-c2cccc(S(=O)(=O)N(C)C)c2)cc1C(=O)N[C@H](CO)Cc1c[nH]c2ccccc12.[HH]. The Kier molecular flexibility index (Phi) is 8.51. The van der Waals surface area contributed by atoms with Gasteiger partial charge in [0.1, 0.15) is 5.75 Å². The Bertz CT molecular complexity index is 1530. The Hall–Kier alpha value is -3.66. The lowest BCUT2D eigenvalue weighted by molar-refractivity contribution is 0.0912. The molecule has 0 aliphatic heterocycles. The molecular formula is C29H35N3O5S. The number of ether oxygens (including phenoxy) is 1. The maximum absolute atomic E-state index is 13.5. The van der Waals surface area contributed by atoms with Gasteiger partial charge in [0.25, 0.3) is 5.91 Å². The molecule has 0 aliphatic carbocycles. The molecule has 38 heavy (non-hydrogen) atoms. The maximum Gasteiger partial charge on any atom is 0.255 e. The van der Waals surface area contributed by atoms with Crippen molar-refractivity contribution in [1.29, 1.82) is 0 Å². The monoisotopic (exact) mass is 537 g/mol. The van der Waals surface area contributed by atoms with Crippen molar-refractivity contribution in [2.75, 3.05) is 27.3 Å². The smallest absolute Gasteiger partial charge is 0.255 e. The summed E-state index contributed by atoms with van der Waals surface area (Å²) < 4.78 is 32.3. The molecular weight excluding hydrogens is 502 g/mol. The molecule has 0 spiro atoms. The van der Waals surface area contributed by atoms with E-state index < -0.39 is 16.1 Å². The van der Waals surface area contributed by atoms with E-state index in [2.05, 4.69) is 10.3 Å². The number of aliphatic hydroxyl groups excluding tert-OH is 1. The first-order valence-corrected chi connectivity index (χ1v) is 13.9. The molecule has 3 aromatic carbocycles. The van der Waals surface area contributed by atoms with Gasteiger partial charge in [0.15, 0.2) is 0 Å². The molecule has 0 unspecified atom stereocenters. The number of aliphatic hydroxyl groups is 1. The third kappa shape index (κ3) is 5.91. The molecule has 1 amide bonds. The molecule has 202 valence electrons. The van der Waals surface area contributed by atoms with Crippen LogP contribution in [-0.2, 0) is 16.4 Å². The van der Waals surface area contributed by atoms with Gasteiger partial charge in [-0.25, -0.2) is 12.7 Å². The number of rotatable bonds is 11. The first kappa shape index (κ1) is 27.4. The molecule has 0 fully saturated rings. The van der Waals surface area contributed by atoms with Crippen molar-refractivity contribution >= 4 is 26.8 Å². The molecule has 9 heteroatoms. The van der Waals surface area contributed by atoms with E-state index in [4.69, 9.17) is 4.74 Å². The summed E-state index contributed by atoms with van der Waals surface area (Å²) in [5, 5.41) is 14.1. The summed E-state index contributed by atoms with van der Waals surface area (Å²) in [4.78, 5) is 16.9. The van der Waals surface area contributed by atoms with Crippen molar-refractivity contribution in [2.24, 2.45) is 0 Å². The van der Waals surface area contributed by atoms with Crippen LogP contribution in [0.15, 0.2) is 77.8 Å². The summed E-state index contributed by atoms with van der Waals surface area (Å²) in [5.41, 5.74) is 3.63. The lowest BCUT2D eigenvalue weighted by Gasteiger charge is -2.19. The van der Waals surface area contributed by atoms with Gasteiger partial charge >= 0.3 is 0 Å². The molecule has 3 N–H and O–H groups in total. The van der Waals surface area contributed by atoms with Gasteiger partial charge < -0.3 is 20.1 Å². The van der Waals surface area contributed by atoms with Gasteiger partial charge in [-0.3, -0.25) is 4.79 Å². The molecule has 0 saturated heterocycles. The van der Waals surface area contributed by atoms with Gasteiger partial charge in [-0.1, -0.05) is 43.3 Å². The van der Waals surface area contributed by atoms with Gasteiger partial charge in [-0.2, -0.15) is 0 Å². The molecule has 0 saturated carbocycles. The van der Waals surface area contributed by atoms with E-state index in [9.17, 15) is 18.3 Å². The highest BCUT2D eigenvalue weighted by Gasteiger charge is 2.21. The summed E-state index contributed by atoms with van der Waals surface area (Å²) in [5.74, 6) is 0.0443. The number of fused-ring (bicyclic) bond motifs is 1. The van der Waals surface area contributed by atoms with Crippen LogP contribution in [0, 0.1) is 0 Å². The Morgan fingerprint density at radius 3 is 2.58 bits per heavy atom. The van der Waals surface area contributed by atoms with E-state index in [1.54, 1.807) is 42.5 Å². The average molecular weight is 538 g/mol. The van der Waals surface area contributed by atoms with Crippen LogP contribution in [0.1, 0.15) is 30.7 Å².